The highest BCUT2D eigenvalue weighted by atomic mass is 35.5. The van der Waals surface area contributed by atoms with Gasteiger partial charge < -0.3 is 15.4 Å². The molecular formula is C13H15ClFN5O2. The van der Waals surface area contributed by atoms with Crippen molar-refractivity contribution in [2.45, 2.75) is 6.42 Å². The summed E-state index contributed by atoms with van der Waals surface area (Å²) in [6, 6.07) is 4.03. The number of halogens is 2. The summed E-state index contributed by atoms with van der Waals surface area (Å²) in [5.41, 5.74) is 1.27. The van der Waals surface area contributed by atoms with E-state index in [2.05, 4.69) is 20.8 Å². The summed E-state index contributed by atoms with van der Waals surface area (Å²) in [7, 11) is 3.85. The van der Waals surface area contributed by atoms with Gasteiger partial charge in [-0.05, 0) is 37.5 Å². The van der Waals surface area contributed by atoms with Crippen LogP contribution in [0.2, 0.25) is 5.02 Å². The van der Waals surface area contributed by atoms with Gasteiger partial charge in [-0.15, -0.1) is 0 Å². The molecule has 0 saturated heterocycles. The number of nitrogens with one attached hydrogen (secondary N) is 1. The molecular weight excluding hydrogens is 313 g/mol. The smallest absolute Gasteiger partial charge is 0.201 e. The van der Waals surface area contributed by atoms with E-state index in [4.69, 9.17) is 16.2 Å². The van der Waals surface area contributed by atoms with Gasteiger partial charge in [0.05, 0.1) is 5.02 Å². The number of aromatic nitrogens is 2. The zero-order chi connectivity index (χ0) is 16.1. The SMILES string of the molecule is CN(C)CCc1nonc1/C(=N\O)Nc1ccc(F)c(Cl)c1. The lowest BCUT2D eigenvalue weighted by atomic mass is 10.2. The topological polar surface area (TPSA) is 86.8 Å². The Morgan fingerprint density at radius 3 is 2.86 bits per heavy atom. The summed E-state index contributed by atoms with van der Waals surface area (Å²) < 4.78 is 17.9. The van der Waals surface area contributed by atoms with E-state index in [1.165, 1.54) is 18.2 Å². The molecule has 9 heteroatoms. The fraction of sp³-hybridized carbons (Fsp3) is 0.308. The van der Waals surface area contributed by atoms with Gasteiger partial charge >= 0.3 is 0 Å². The second-order valence-corrected chi connectivity index (χ2v) is 5.22. The Labute approximate surface area is 131 Å². The fourth-order valence-corrected chi connectivity index (χ4v) is 1.90. The average Bonchev–Trinajstić information content (AvgIpc) is 2.94. The van der Waals surface area contributed by atoms with Crippen molar-refractivity contribution in [2.24, 2.45) is 5.16 Å². The lowest BCUT2D eigenvalue weighted by Crippen LogP contribution is -2.19. The summed E-state index contributed by atoms with van der Waals surface area (Å²) >= 11 is 5.71. The predicted octanol–water partition coefficient (Wildman–Crippen LogP) is 2.21. The molecule has 1 heterocycles. The second-order valence-electron chi connectivity index (χ2n) is 4.82. The molecule has 0 aliphatic carbocycles. The molecule has 0 amide bonds. The van der Waals surface area contributed by atoms with Crippen LogP contribution in [0.4, 0.5) is 10.1 Å². The first-order valence-electron chi connectivity index (χ1n) is 6.42. The van der Waals surface area contributed by atoms with Gasteiger partial charge in [-0.3, -0.25) is 0 Å². The molecule has 0 spiro atoms. The van der Waals surface area contributed by atoms with Crippen LogP contribution in [0.15, 0.2) is 28.0 Å². The van der Waals surface area contributed by atoms with Crippen molar-refractivity contribution in [1.82, 2.24) is 15.2 Å². The zero-order valence-corrected chi connectivity index (χ0v) is 12.8. The monoisotopic (exact) mass is 327 g/mol. The van der Waals surface area contributed by atoms with Crippen LogP contribution in [0.25, 0.3) is 0 Å². The molecule has 0 radical (unpaired) electrons. The van der Waals surface area contributed by atoms with Crippen molar-refractivity contribution >= 4 is 23.1 Å². The van der Waals surface area contributed by atoms with E-state index >= 15 is 0 Å². The Bertz CT molecular complexity index is 674. The molecule has 22 heavy (non-hydrogen) atoms. The second kappa shape index (κ2) is 7.19. The van der Waals surface area contributed by atoms with Crippen LogP contribution < -0.4 is 5.32 Å². The molecule has 0 fully saturated rings. The molecule has 7 nitrogen and oxygen atoms in total. The highest BCUT2D eigenvalue weighted by Gasteiger charge is 2.18. The molecule has 0 atom stereocenters. The summed E-state index contributed by atoms with van der Waals surface area (Å²) in [5.74, 6) is -0.498. The van der Waals surface area contributed by atoms with Gasteiger partial charge in [0.15, 0.2) is 5.69 Å². The van der Waals surface area contributed by atoms with E-state index in [1.54, 1.807) is 0 Å². The third kappa shape index (κ3) is 3.92. The van der Waals surface area contributed by atoms with Gasteiger partial charge in [0.25, 0.3) is 0 Å². The standard InChI is InChI=1S/C13H15ClFN5O2/c1-20(2)6-5-11-12(19-22-18-11)13(17-21)16-8-3-4-10(15)9(14)7-8/h3-4,7,21H,5-6H2,1-2H3,(H,16,17). The van der Waals surface area contributed by atoms with Gasteiger partial charge in [-0.1, -0.05) is 21.9 Å². The van der Waals surface area contributed by atoms with E-state index < -0.39 is 5.82 Å². The molecule has 1 aromatic carbocycles. The third-order valence-corrected chi connectivity index (χ3v) is 3.15. The van der Waals surface area contributed by atoms with Gasteiger partial charge in [-0.25, -0.2) is 9.02 Å². The average molecular weight is 328 g/mol. The summed E-state index contributed by atoms with van der Waals surface area (Å²) in [4.78, 5) is 1.97. The Balaban J connectivity index is 2.18. The molecule has 1 aromatic heterocycles. The lowest BCUT2D eigenvalue weighted by molar-refractivity contribution is 0.299. The maximum Gasteiger partial charge on any atom is 0.201 e. The maximum absolute atomic E-state index is 13.2. The zero-order valence-electron chi connectivity index (χ0n) is 12.0. The predicted molar refractivity (Wildman–Crippen MR) is 79.9 cm³/mol. The van der Waals surface area contributed by atoms with Crippen LogP contribution in [0, 0.1) is 5.82 Å². The van der Waals surface area contributed by atoms with E-state index in [1.807, 2.05) is 19.0 Å². The number of nitrogens with zero attached hydrogens (tertiary/aromatic N) is 4. The first kappa shape index (κ1) is 16.2. The van der Waals surface area contributed by atoms with Crippen LogP contribution in [-0.4, -0.2) is 46.9 Å². The number of hydrogen-bond donors (Lipinski definition) is 2. The molecule has 0 aliphatic rings. The van der Waals surface area contributed by atoms with Gasteiger partial charge in [-0.2, -0.15) is 0 Å². The van der Waals surface area contributed by atoms with Crippen molar-refractivity contribution in [3.8, 4) is 0 Å². The minimum Gasteiger partial charge on any atom is -0.409 e. The first-order valence-corrected chi connectivity index (χ1v) is 6.79. The van der Waals surface area contributed by atoms with Crippen LogP contribution in [0.1, 0.15) is 11.4 Å². The first-order chi connectivity index (χ1) is 10.5. The quantitative estimate of drug-likeness (QED) is 0.379. The number of hydrogen-bond acceptors (Lipinski definition) is 6. The molecule has 0 bridgehead atoms. The molecule has 2 N–H and O–H groups in total. The Kier molecular flexibility index (Phi) is 5.29. The minimum absolute atomic E-state index is 0.0395. The Morgan fingerprint density at radius 1 is 1.45 bits per heavy atom. The van der Waals surface area contributed by atoms with Crippen LogP contribution in [0.3, 0.4) is 0 Å². The molecule has 2 rings (SSSR count). The van der Waals surface area contributed by atoms with Gasteiger partial charge in [0.2, 0.25) is 5.84 Å². The van der Waals surface area contributed by atoms with E-state index in [-0.39, 0.29) is 16.6 Å². The summed E-state index contributed by atoms with van der Waals surface area (Å²) in [5, 5.41) is 22.6. The Hall–Kier alpha value is -2.19. The molecule has 0 unspecified atom stereocenters. The number of benzene rings is 1. The number of rotatable bonds is 5. The van der Waals surface area contributed by atoms with Crippen LogP contribution >= 0.6 is 11.6 Å². The van der Waals surface area contributed by atoms with Crippen LogP contribution in [-0.2, 0) is 6.42 Å². The fourth-order valence-electron chi connectivity index (χ4n) is 1.72. The van der Waals surface area contributed by atoms with Gasteiger partial charge in [0.1, 0.15) is 11.5 Å². The number of amidine groups is 1. The maximum atomic E-state index is 13.2. The van der Waals surface area contributed by atoms with Crippen LogP contribution in [0.5, 0.6) is 0 Å². The van der Waals surface area contributed by atoms with Crippen molar-refractivity contribution in [1.29, 1.82) is 0 Å². The highest BCUT2D eigenvalue weighted by molar-refractivity contribution is 6.31. The summed E-state index contributed by atoms with van der Waals surface area (Å²) in [6.45, 7) is 0.725. The van der Waals surface area contributed by atoms with E-state index in [9.17, 15) is 9.60 Å². The number of anilines is 1. The van der Waals surface area contributed by atoms with E-state index in [0.29, 0.717) is 17.8 Å². The molecule has 0 aliphatic heterocycles. The van der Waals surface area contributed by atoms with Crippen molar-refractivity contribution in [3.63, 3.8) is 0 Å². The third-order valence-electron chi connectivity index (χ3n) is 2.86. The van der Waals surface area contributed by atoms with Gasteiger partial charge in [0, 0.05) is 18.7 Å². The molecule has 118 valence electrons. The van der Waals surface area contributed by atoms with Crippen molar-refractivity contribution in [3.05, 3.63) is 40.4 Å². The lowest BCUT2D eigenvalue weighted by Gasteiger charge is -2.09. The number of oxime groups is 1. The Morgan fingerprint density at radius 2 is 2.23 bits per heavy atom. The highest BCUT2D eigenvalue weighted by Crippen LogP contribution is 2.20. The van der Waals surface area contributed by atoms with E-state index in [0.717, 1.165) is 6.54 Å². The normalized spacial score (nSPS) is 12.0. The molecule has 2 aromatic rings. The number of likely N-dealkylation sites (N-methyl/N-ethyl adjacent to an activating group) is 1. The summed E-state index contributed by atoms with van der Waals surface area (Å²) in [6.07, 6.45) is 0.566. The molecule has 0 saturated carbocycles. The van der Waals surface area contributed by atoms with Crippen molar-refractivity contribution < 1.29 is 14.2 Å². The minimum atomic E-state index is -0.538. The van der Waals surface area contributed by atoms with Crippen molar-refractivity contribution in [2.75, 3.05) is 26.0 Å². The largest absolute Gasteiger partial charge is 0.409 e.